The molecule has 0 saturated carbocycles. The average molecular weight is 408 g/mol. The molecule has 1 unspecified atom stereocenters. The summed E-state index contributed by atoms with van der Waals surface area (Å²) in [6.45, 7) is 4.96. The number of anilines is 1. The largest absolute Gasteiger partial charge is 0.448 e. The Kier molecular flexibility index (Phi) is 6.09. The van der Waals surface area contributed by atoms with Crippen molar-refractivity contribution < 1.29 is 14.3 Å². The molecule has 0 aliphatic rings. The number of ether oxygens (including phenoxy) is 1. The van der Waals surface area contributed by atoms with Gasteiger partial charge in [0.1, 0.15) is 4.88 Å². The molecule has 1 aromatic heterocycles. The van der Waals surface area contributed by atoms with Crippen LogP contribution in [0.15, 0.2) is 12.1 Å². The van der Waals surface area contributed by atoms with Crippen LogP contribution >= 0.6 is 46.1 Å². The van der Waals surface area contributed by atoms with Crippen molar-refractivity contribution in [1.82, 2.24) is 4.98 Å². The van der Waals surface area contributed by atoms with Crippen molar-refractivity contribution in [2.75, 3.05) is 5.32 Å². The van der Waals surface area contributed by atoms with Crippen molar-refractivity contribution in [1.29, 1.82) is 0 Å². The van der Waals surface area contributed by atoms with Gasteiger partial charge in [0.25, 0.3) is 5.91 Å². The maximum Gasteiger partial charge on any atom is 0.351 e. The standard InChI is InChI=1S/C15H13Cl3N2O3S/c1-6-13(24-8(3)19-6)15(22)23-7(2)14(21)20-12-5-10(17)9(16)4-11(12)18/h4-5,7H,1-3H3,(H,20,21). The molecule has 5 nitrogen and oxygen atoms in total. The van der Waals surface area contributed by atoms with Crippen LogP contribution < -0.4 is 5.32 Å². The molecular formula is C15H13Cl3N2O3S. The Morgan fingerprint density at radius 1 is 1.17 bits per heavy atom. The number of esters is 1. The van der Waals surface area contributed by atoms with Gasteiger partial charge in [0.2, 0.25) is 0 Å². The van der Waals surface area contributed by atoms with Gasteiger partial charge in [-0.2, -0.15) is 0 Å². The summed E-state index contributed by atoms with van der Waals surface area (Å²) in [6.07, 6.45) is -1.02. The summed E-state index contributed by atoms with van der Waals surface area (Å²) in [5.41, 5.74) is 0.853. The van der Waals surface area contributed by atoms with Crippen LogP contribution in [-0.4, -0.2) is 23.0 Å². The van der Waals surface area contributed by atoms with Gasteiger partial charge >= 0.3 is 5.97 Å². The number of aryl methyl sites for hydroxylation is 2. The average Bonchev–Trinajstić information content (AvgIpc) is 2.83. The number of amides is 1. The van der Waals surface area contributed by atoms with Crippen molar-refractivity contribution in [3.8, 4) is 0 Å². The van der Waals surface area contributed by atoms with E-state index in [1.165, 1.54) is 30.4 Å². The lowest BCUT2D eigenvalue weighted by Gasteiger charge is -2.14. The van der Waals surface area contributed by atoms with E-state index in [1.807, 2.05) is 0 Å². The molecule has 2 rings (SSSR count). The monoisotopic (exact) mass is 406 g/mol. The molecule has 2 aromatic rings. The molecule has 1 heterocycles. The summed E-state index contributed by atoms with van der Waals surface area (Å²) in [4.78, 5) is 28.8. The minimum atomic E-state index is -1.02. The van der Waals surface area contributed by atoms with Gasteiger partial charge in [0.05, 0.1) is 31.5 Å². The molecule has 1 atom stereocenters. The summed E-state index contributed by atoms with van der Waals surface area (Å²) in [5, 5.41) is 4.05. The number of hydrogen-bond donors (Lipinski definition) is 1. The highest BCUT2D eigenvalue weighted by Gasteiger charge is 2.23. The predicted molar refractivity (Wildman–Crippen MR) is 96.6 cm³/mol. The minimum Gasteiger partial charge on any atom is -0.448 e. The van der Waals surface area contributed by atoms with E-state index in [-0.39, 0.29) is 20.8 Å². The van der Waals surface area contributed by atoms with Crippen LogP contribution in [-0.2, 0) is 9.53 Å². The highest BCUT2D eigenvalue weighted by molar-refractivity contribution is 7.13. The van der Waals surface area contributed by atoms with Crippen LogP contribution in [0.2, 0.25) is 15.1 Å². The maximum absolute atomic E-state index is 12.2. The minimum absolute atomic E-state index is 0.227. The molecule has 128 valence electrons. The molecule has 1 amide bonds. The number of rotatable bonds is 4. The van der Waals surface area contributed by atoms with Gasteiger partial charge in [-0.25, -0.2) is 9.78 Å². The summed E-state index contributed by atoms with van der Waals surface area (Å²) >= 11 is 19.0. The van der Waals surface area contributed by atoms with Crippen molar-refractivity contribution in [3.05, 3.63) is 42.8 Å². The quantitative estimate of drug-likeness (QED) is 0.578. The third kappa shape index (κ3) is 4.39. The van der Waals surface area contributed by atoms with E-state index in [9.17, 15) is 9.59 Å². The van der Waals surface area contributed by atoms with Gasteiger partial charge in [0.15, 0.2) is 6.10 Å². The second kappa shape index (κ2) is 7.70. The van der Waals surface area contributed by atoms with Crippen LogP contribution in [0.3, 0.4) is 0 Å². The second-order valence-corrected chi connectivity index (χ2v) is 7.36. The Labute approximate surface area is 157 Å². The van der Waals surface area contributed by atoms with Crippen molar-refractivity contribution >= 4 is 63.7 Å². The number of hydrogen-bond acceptors (Lipinski definition) is 5. The lowest BCUT2D eigenvalue weighted by Crippen LogP contribution is -2.30. The molecule has 0 aliphatic carbocycles. The highest BCUT2D eigenvalue weighted by Crippen LogP contribution is 2.32. The maximum atomic E-state index is 12.2. The fourth-order valence-electron chi connectivity index (χ4n) is 1.84. The van der Waals surface area contributed by atoms with Crippen LogP contribution in [0.1, 0.15) is 27.3 Å². The van der Waals surface area contributed by atoms with Gasteiger partial charge in [-0.15, -0.1) is 11.3 Å². The Bertz CT molecular complexity index is 808. The first kappa shape index (κ1) is 19.0. The normalized spacial score (nSPS) is 11.9. The molecule has 1 N–H and O–H groups in total. The number of carbonyl (C=O) groups is 2. The fourth-order valence-corrected chi connectivity index (χ4v) is 3.24. The number of halogens is 3. The zero-order valence-corrected chi connectivity index (χ0v) is 16.0. The van der Waals surface area contributed by atoms with Crippen LogP contribution in [0.4, 0.5) is 5.69 Å². The van der Waals surface area contributed by atoms with Crippen molar-refractivity contribution in [2.45, 2.75) is 26.9 Å². The first-order chi connectivity index (χ1) is 11.2. The molecule has 24 heavy (non-hydrogen) atoms. The third-order valence-corrected chi connectivity index (χ3v) is 5.10. The smallest absolute Gasteiger partial charge is 0.351 e. The Morgan fingerprint density at radius 2 is 1.79 bits per heavy atom. The van der Waals surface area contributed by atoms with E-state index in [0.29, 0.717) is 10.6 Å². The molecular weight excluding hydrogens is 395 g/mol. The Morgan fingerprint density at radius 3 is 2.38 bits per heavy atom. The lowest BCUT2D eigenvalue weighted by atomic mass is 10.3. The summed E-state index contributed by atoms with van der Waals surface area (Å²) < 4.78 is 5.18. The summed E-state index contributed by atoms with van der Waals surface area (Å²) in [6, 6.07) is 2.84. The topological polar surface area (TPSA) is 68.3 Å². The van der Waals surface area contributed by atoms with Crippen LogP contribution in [0.5, 0.6) is 0 Å². The fraction of sp³-hybridized carbons (Fsp3) is 0.267. The third-order valence-electron chi connectivity index (χ3n) is 3.01. The van der Waals surface area contributed by atoms with Crippen LogP contribution in [0.25, 0.3) is 0 Å². The summed E-state index contributed by atoms with van der Waals surface area (Å²) in [5.74, 6) is -1.14. The lowest BCUT2D eigenvalue weighted by molar-refractivity contribution is -0.123. The second-order valence-electron chi connectivity index (χ2n) is 4.93. The van der Waals surface area contributed by atoms with E-state index in [1.54, 1.807) is 13.8 Å². The van der Waals surface area contributed by atoms with Gasteiger partial charge in [-0.1, -0.05) is 34.8 Å². The van der Waals surface area contributed by atoms with Gasteiger partial charge in [-0.3, -0.25) is 4.79 Å². The number of thiazole rings is 1. The molecule has 9 heteroatoms. The Balaban J connectivity index is 2.06. The first-order valence-electron chi connectivity index (χ1n) is 6.79. The van der Waals surface area contributed by atoms with E-state index in [2.05, 4.69) is 10.3 Å². The molecule has 1 aromatic carbocycles. The van der Waals surface area contributed by atoms with Gasteiger partial charge in [-0.05, 0) is 32.9 Å². The SMILES string of the molecule is Cc1nc(C)c(C(=O)OC(C)C(=O)Nc2cc(Cl)c(Cl)cc2Cl)s1. The molecule has 0 bridgehead atoms. The van der Waals surface area contributed by atoms with E-state index in [4.69, 9.17) is 39.5 Å². The summed E-state index contributed by atoms with van der Waals surface area (Å²) in [7, 11) is 0. The van der Waals surface area contributed by atoms with E-state index < -0.39 is 18.0 Å². The predicted octanol–water partition coefficient (Wildman–Crippen LogP) is 4.90. The number of nitrogens with zero attached hydrogens (tertiary/aromatic N) is 1. The molecule has 0 spiro atoms. The number of nitrogens with one attached hydrogen (secondary N) is 1. The zero-order chi connectivity index (χ0) is 18.0. The first-order valence-corrected chi connectivity index (χ1v) is 8.74. The Hall–Kier alpha value is -1.34. The van der Waals surface area contributed by atoms with E-state index in [0.717, 1.165) is 5.01 Å². The van der Waals surface area contributed by atoms with Crippen molar-refractivity contribution in [3.63, 3.8) is 0 Å². The van der Waals surface area contributed by atoms with Crippen LogP contribution in [0, 0.1) is 13.8 Å². The molecule has 0 fully saturated rings. The highest BCUT2D eigenvalue weighted by atomic mass is 35.5. The number of benzene rings is 1. The zero-order valence-electron chi connectivity index (χ0n) is 12.9. The number of aromatic nitrogens is 1. The van der Waals surface area contributed by atoms with Crippen molar-refractivity contribution in [2.24, 2.45) is 0 Å². The van der Waals surface area contributed by atoms with E-state index >= 15 is 0 Å². The van der Waals surface area contributed by atoms with Gasteiger partial charge < -0.3 is 10.1 Å². The number of carbonyl (C=O) groups excluding carboxylic acids is 2. The molecule has 0 radical (unpaired) electrons. The molecule has 0 saturated heterocycles. The van der Waals surface area contributed by atoms with Gasteiger partial charge in [0, 0.05) is 0 Å². The molecule has 0 aliphatic heterocycles.